The minimum absolute atomic E-state index is 0.345. The first kappa shape index (κ1) is 8.56. The molecule has 0 atom stereocenters. The molecule has 0 fully saturated rings. The van der Waals surface area contributed by atoms with E-state index >= 15 is 0 Å². The average Bonchev–Trinajstić information content (AvgIpc) is 2.06. The lowest BCUT2D eigenvalue weighted by Gasteiger charge is -2.00. The zero-order chi connectivity index (χ0) is 8.97. The first-order chi connectivity index (χ1) is 5.74. The van der Waals surface area contributed by atoms with Gasteiger partial charge in [0.2, 0.25) is 0 Å². The van der Waals surface area contributed by atoms with Crippen LogP contribution in [0.15, 0.2) is 24.3 Å². The van der Waals surface area contributed by atoms with Gasteiger partial charge in [-0.05, 0) is 17.6 Å². The van der Waals surface area contributed by atoms with E-state index in [0.717, 1.165) is 0 Å². The van der Waals surface area contributed by atoms with Crippen molar-refractivity contribution in [2.24, 2.45) is 0 Å². The van der Waals surface area contributed by atoms with Gasteiger partial charge in [-0.25, -0.2) is 4.39 Å². The molecule has 0 saturated carbocycles. The van der Waals surface area contributed by atoms with E-state index in [4.69, 9.17) is 10.3 Å². The number of nitrogens with zero attached hydrogens (tertiary/aromatic N) is 1. The predicted octanol–water partition coefficient (Wildman–Crippen LogP) is 0.0109. The fourth-order valence-electron chi connectivity index (χ4n) is 0.745. The van der Waals surface area contributed by atoms with Crippen LogP contribution >= 0.6 is 0 Å². The van der Waals surface area contributed by atoms with Crippen LogP contribution in [0, 0.1) is 17.3 Å². The topological polar surface area (TPSA) is 53.2 Å². The van der Waals surface area contributed by atoms with Crippen molar-refractivity contribution in [1.82, 2.24) is 0 Å². The van der Waals surface area contributed by atoms with Gasteiger partial charge in [0.1, 0.15) is 5.82 Å². The smallest absolute Gasteiger partial charge is 0.463 e. The highest BCUT2D eigenvalue weighted by Gasteiger charge is 2.17. The quantitative estimate of drug-likeness (QED) is 0.496. The Bertz CT molecular complexity index is 295. The molecule has 1 aromatic rings. The third-order valence-electron chi connectivity index (χ3n) is 1.32. The highest BCUT2D eigenvalue weighted by atomic mass is 19.1. The molecule has 1 rings (SSSR count). The lowest BCUT2D eigenvalue weighted by Crippen LogP contribution is -2.31. The Hall–Kier alpha value is -1.54. The molecule has 12 heavy (non-hydrogen) atoms. The van der Waals surface area contributed by atoms with E-state index in [9.17, 15) is 4.39 Å². The molecular weight excluding hydrogens is 160 g/mol. The molecule has 0 aliphatic carbocycles. The Labute approximate surface area is 69.2 Å². The summed E-state index contributed by atoms with van der Waals surface area (Å²) in [5.41, 5.74) is 0.345. The summed E-state index contributed by atoms with van der Waals surface area (Å²) in [5.74, 6) is -0.400. The summed E-state index contributed by atoms with van der Waals surface area (Å²) in [7, 11) is -1.31. The Morgan fingerprint density at radius 1 is 1.42 bits per heavy atom. The molecule has 0 aliphatic rings. The van der Waals surface area contributed by atoms with Gasteiger partial charge in [-0.3, -0.25) is 0 Å². The molecule has 0 aromatic heterocycles. The highest BCUT2D eigenvalue weighted by molar-refractivity contribution is 6.60. The van der Waals surface area contributed by atoms with E-state index in [2.05, 4.69) is 4.65 Å². The molecule has 0 unspecified atom stereocenters. The van der Waals surface area contributed by atoms with Crippen LogP contribution in [-0.2, 0) is 4.65 Å². The fraction of sp³-hybridized carbons (Fsp3) is 0. The number of nitriles is 1. The van der Waals surface area contributed by atoms with Crippen molar-refractivity contribution >= 4 is 12.6 Å². The monoisotopic (exact) mass is 165 g/mol. The Kier molecular flexibility index (Phi) is 2.67. The predicted molar refractivity (Wildman–Crippen MR) is 40.7 cm³/mol. The van der Waals surface area contributed by atoms with Gasteiger partial charge in [0.15, 0.2) is 0 Å². The van der Waals surface area contributed by atoms with Gasteiger partial charge in [-0.2, -0.15) is 5.26 Å². The standard InChI is InChI=1S/C7H5BFNO2/c9-7-3-1-6(2-4-7)8(11)12-5-10/h1-4,11H. The molecule has 0 saturated heterocycles. The van der Waals surface area contributed by atoms with Crippen molar-refractivity contribution in [3.63, 3.8) is 0 Å². The average molecular weight is 165 g/mol. The van der Waals surface area contributed by atoms with Crippen LogP contribution in [0.5, 0.6) is 0 Å². The number of hydrogen-bond donors (Lipinski definition) is 1. The second-order valence-electron chi connectivity index (χ2n) is 2.11. The van der Waals surface area contributed by atoms with Crippen LogP contribution in [0.2, 0.25) is 0 Å². The minimum atomic E-state index is -1.31. The molecule has 0 bridgehead atoms. The number of hydrogen-bond acceptors (Lipinski definition) is 3. The van der Waals surface area contributed by atoms with Crippen LogP contribution in [0.1, 0.15) is 0 Å². The number of benzene rings is 1. The van der Waals surface area contributed by atoms with Gasteiger partial charge in [0, 0.05) is 0 Å². The summed E-state index contributed by atoms with van der Waals surface area (Å²) < 4.78 is 16.6. The maximum absolute atomic E-state index is 12.3. The van der Waals surface area contributed by atoms with E-state index in [1.54, 1.807) is 0 Å². The van der Waals surface area contributed by atoms with Crippen molar-refractivity contribution in [2.45, 2.75) is 0 Å². The van der Waals surface area contributed by atoms with Crippen molar-refractivity contribution in [3.8, 4) is 6.26 Å². The first-order valence-corrected chi connectivity index (χ1v) is 3.22. The van der Waals surface area contributed by atoms with Crippen LogP contribution in [0.25, 0.3) is 0 Å². The summed E-state index contributed by atoms with van der Waals surface area (Å²) in [6.45, 7) is 0. The number of halogens is 1. The molecule has 3 nitrogen and oxygen atoms in total. The maximum atomic E-state index is 12.3. The normalized spacial score (nSPS) is 8.75. The van der Waals surface area contributed by atoms with Crippen LogP contribution in [0.4, 0.5) is 4.39 Å². The first-order valence-electron chi connectivity index (χ1n) is 3.22. The van der Waals surface area contributed by atoms with Gasteiger partial charge in [0.05, 0.1) is 0 Å². The Balaban J connectivity index is 2.76. The van der Waals surface area contributed by atoms with E-state index in [0.29, 0.717) is 5.46 Å². The lowest BCUT2D eigenvalue weighted by atomic mass is 9.80. The molecule has 0 heterocycles. The van der Waals surface area contributed by atoms with Crippen LogP contribution in [0.3, 0.4) is 0 Å². The molecule has 5 heteroatoms. The molecule has 60 valence electrons. The summed E-state index contributed by atoms with van der Waals surface area (Å²) in [4.78, 5) is 0. The summed E-state index contributed by atoms with van der Waals surface area (Å²) in [6.07, 6.45) is 1.34. The Morgan fingerprint density at radius 3 is 2.50 bits per heavy atom. The SMILES string of the molecule is N#COB(O)c1ccc(F)cc1. The van der Waals surface area contributed by atoms with Gasteiger partial charge in [0.25, 0.3) is 6.26 Å². The van der Waals surface area contributed by atoms with Crippen molar-refractivity contribution in [2.75, 3.05) is 0 Å². The summed E-state index contributed by atoms with van der Waals surface area (Å²) in [5, 5.41) is 17.1. The minimum Gasteiger partial charge on any atom is -0.463 e. The Morgan fingerprint density at radius 2 is 2.00 bits per heavy atom. The van der Waals surface area contributed by atoms with Gasteiger partial charge in [-0.1, -0.05) is 12.1 Å². The van der Waals surface area contributed by atoms with E-state index in [1.165, 1.54) is 30.5 Å². The third kappa shape index (κ3) is 1.97. The second kappa shape index (κ2) is 3.74. The summed E-state index contributed by atoms with van der Waals surface area (Å²) in [6, 6.07) is 5.05. The second-order valence-corrected chi connectivity index (χ2v) is 2.11. The van der Waals surface area contributed by atoms with Crippen molar-refractivity contribution < 1.29 is 14.1 Å². The van der Waals surface area contributed by atoms with Gasteiger partial charge in [-0.15, -0.1) is 0 Å². The third-order valence-corrected chi connectivity index (χ3v) is 1.32. The molecule has 0 aliphatic heterocycles. The largest absolute Gasteiger partial charge is 0.570 e. The zero-order valence-electron chi connectivity index (χ0n) is 6.07. The zero-order valence-corrected chi connectivity index (χ0v) is 6.07. The van der Waals surface area contributed by atoms with Crippen LogP contribution < -0.4 is 5.46 Å². The maximum Gasteiger partial charge on any atom is 0.570 e. The van der Waals surface area contributed by atoms with E-state index in [1.807, 2.05) is 0 Å². The van der Waals surface area contributed by atoms with E-state index in [-0.39, 0.29) is 0 Å². The highest BCUT2D eigenvalue weighted by Crippen LogP contribution is 1.93. The summed E-state index contributed by atoms with van der Waals surface area (Å²) >= 11 is 0. The molecule has 0 spiro atoms. The van der Waals surface area contributed by atoms with Crippen LogP contribution in [-0.4, -0.2) is 12.1 Å². The fourth-order valence-corrected chi connectivity index (χ4v) is 0.745. The number of rotatable bonds is 2. The molecule has 1 aromatic carbocycles. The molecule has 1 N–H and O–H groups in total. The van der Waals surface area contributed by atoms with Crippen molar-refractivity contribution in [3.05, 3.63) is 30.1 Å². The molecular formula is C7H5BFNO2. The lowest BCUT2D eigenvalue weighted by molar-refractivity contribution is 0.402. The van der Waals surface area contributed by atoms with Gasteiger partial charge >= 0.3 is 7.12 Å². The van der Waals surface area contributed by atoms with Gasteiger partial charge < -0.3 is 9.68 Å². The molecule has 0 radical (unpaired) electrons. The van der Waals surface area contributed by atoms with Crippen molar-refractivity contribution in [1.29, 1.82) is 5.26 Å². The van der Waals surface area contributed by atoms with E-state index < -0.39 is 12.9 Å². The molecule has 0 amide bonds.